The number of anilines is 3. The van der Waals surface area contributed by atoms with Crippen molar-refractivity contribution in [1.82, 2.24) is 10.3 Å². The van der Waals surface area contributed by atoms with Gasteiger partial charge in [0.2, 0.25) is 0 Å². The lowest BCUT2D eigenvalue weighted by Crippen LogP contribution is -2.63. The average molecular weight is 539 g/mol. The predicted octanol–water partition coefficient (Wildman–Crippen LogP) is 6.14. The van der Waals surface area contributed by atoms with E-state index in [0.29, 0.717) is 30.8 Å². The van der Waals surface area contributed by atoms with Crippen molar-refractivity contribution in [2.75, 3.05) is 22.9 Å². The number of aliphatic hydroxyl groups is 1. The minimum Gasteiger partial charge on any atom is -0.489 e. The summed E-state index contributed by atoms with van der Waals surface area (Å²) in [7, 11) is 0. The van der Waals surface area contributed by atoms with Gasteiger partial charge < -0.3 is 20.1 Å². The van der Waals surface area contributed by atoms with Gasteiger partial charge in [0.1, 0.15) is 5.75 Å². The second-order valence-electron chi connectivity index (χ2n) is 12.6. The Morgan fingerprint density at radius 3 is 2.35 bits per heavy atom. The first kappa shape index (κ1) is 25.4. The van der Waals surface area contributed by atoms with Crippen molar-refractivity contribution >= 4 is 23.1 Å². The number of para-hydroxylation sites is 2. The number of carbonyl (C=O) groups is 1. The number of nitrogens with zero attached hydrogens (tertiary/aromatic N) is 3. The molecular formula is C33H38N4O3. The van der Waals surface area contributed by atoms with E-state index in [1.807, 2.05) is 49.1 Å². The Kier molecular flexibility index (Phi) is 6.22. The van der Waals surface area contributed by atoms with E-state index >= 15 is 0 Å². The maximum Gasteiger partial charge on any atom is 0.322 e. The highest BCUT2D eigenvalue weighted by Crippen LogP contribution is 2.55. The largest absolute Gasteiger partial charge is 0.489 e. The van der Waals surface area contributed by atoms with E-state index in [4.69, 9.17) is 4.74 Å². The Morgan fingerprint density at radius 2 is 1.70 bits per heavy atom. The maximum atomic E-state index is 13.7. The van der Waals surface area contributed by atoms with Gasteiger partial charge in [-0.05, 0) is 100 Å². The molecule has 3 unspecified atom stereocenters. The van der Waals surface area contributed by atoms with E-state index in [2.05, 4.69) is 45.5 Å². The van der Waals surface area contributed by atoms with Gasteiger partial charge in [-0.25, -0.2) is 4.79 Å². The normalized spacial score (nSPS) is 28.5. The van der Waals surface area contributed by atoms with Gasteiger partial charge in [-0.1, -0.05) is 24.3 Å². The number of urea groups is 1. The first-order chi connectivity index (χ1) is 19.3. The zero-order valence-electron chi connectivity index (χ0n) is 23.3. The minimum absolute atomic E-state index is 0.0112. The number of amides is 2. The molecule has 1 aliphatic heterocycles. The van der Waals surface area contributed by atoms with Crippen LogP contribution in [-0.4, -0.2) is 47.0 Å². The van der Waals surface area contributed by atoms with Gasteiger partial charge in [0.25, 0.3) is 0 Å². The summed E-state index contributed by atoms with van der Waals surface area (Å²) in [6, 6.07) is 20.7. The molecule has 2 amide bonds. The van der Waals surface area contributed by atoms with Gasteiger partial charge >= 0.3 is 6.03 Å². The van der Waals surface area contributed by atoms with Crippen molar-refractivity contribution in [3.8, 4) is 17.0 Å². The Hall–Kier alpha value is -3.58. The zero-order chi connectivity index (χ0) is 27.4. The summed E-state index contributed by atoms with van der Waals surface area (Å²) in [5.41, 5.74) is 4.51. The molecule has 4 aliphatic carbocycles. The average Bonchev–Trinajstić information content (AvgIpc) is 2.94. The molecule has 8 rings (SSSR count). The summed E-state index contributed by atoms with van der Waals surface area (Å²) in [5, 5.41) is 14.4. The number of ether oxygens (including phenoxy) is 1. The van der Waals surface area contributed by atoms with Crippen LogP contribution in [0.15, 0.2) is 66.9 Å². The molecule has 40 heavy (non-hydrogen) atoms. The number of fused-ring (bicyclic) bond motifs is 1. The lowest BCUT2D eigenvalue weighted by Gasteiger charge is -2.58. The predicted molar refractivity (Wildman–Crippen MR) is 157 cm³/mol. The van der Waals surface area contributed by atoms with Crippen LogP contribution in [0.3, 0.4) is 0 Å². The van der Waals surface area contributed by atoms with Crippen LogP contribution in [0.4, 0.5) is 21.9 Å². The third-order valence-corrected chi connectivity index (χ3v) is 9.37. The molecule has 0 spiro atoms. The van der Waals surface area contributed by atoms with Gasteiger partial charge in [0.15, 0.2) is 0 Å². The molecular weight excluding hydrogens is 500 g/mol. The third-order valence-electron chi connectivity index (χ3n) is 9.37. The SMILES string of the molecule is CC(C)Oc1ccc(-c2ccc(N3CCN(C(=O)NC4[C@@H]5CC6C[C@H]4CC(O)(C6)C5)c4ccccc43)cc2)nc1. The molecule has 7 nitrogen and oxygen atoms in total. The molecule has 2 heterocycles. The van der Waals surface area contributed by atoms with Crippen LogP contribution in [0.25, 0.3) is 11.3 Å². The molecule has 5 aliphatic rings. The molecule has 0 radical (unpaired) electrons. The number of benzene rings is 2. The first-order valence-corrected chi connectivity index (χ1v) is 14.8. The molecule has 208 valence electrons. The molecule has 4 saturated carbocycles. The molecule has 4 fully saturated rings. The van der Waals surface area contributed by atoms with Crippen LogP contribution in [-0.2, 0) is 0 Å². The number of pyridine rings is 1. The summed E-state index contributed by atoms with van der Waals surface area (Å²) in [4.78, 5) is 22.5. The fraction of sp³-hybridized carbons (Fsp3) is 0.455. The molecule has 2 aromatic carbocycles. The fourth-order valence-electron chi connectivity index (χ4n) is 7.98. The van der Waals surface area contributed by atoms with Crippen LogP contribution in [0.2, 0.25) is 0 Å². The number of nitrogens with one attached hydrogen (secondary N) is 1. The second kappa shape index (κ2) is 9.81. The van der Waals surface area contributed by atoms with E-state index in [1.165, 1.54) is 0 Å². The summed E-state index contributed by atoms with van der Waals surface area (Å²) < 4.78 is 5.72. The standard InChI is InChI=1S/C33H38N4O3/c1-21(2)40-27-11-12-28(34-20-27)23-7-9-26(10-8-23)36-13-14-37(30-6-4-3-5-29(30)36)32(38)35-31-24-15-22-16-25(31)19-33(39,17-22)18-24/h3-12,20-22,24-25,31,39H,13-19H2,1-2H3,(H,35,38)/t22?,24-,25+,31?,33?. The lowest BCUT2D eigenvalue weighted by molar-refractivity contribution is -0.136. The quantitative estimate of drug-likeness (QED) is 0.408. The van der Waals surface area contributed by atoms with Crippen molar-refractivity contribution in [2.45, 2.75) is 63.7 Å². The van der Waals surface area contributed by atoms with Gasteiger partial charge in [0.05, 0.1) is 35.0 Å². The van der Waals surface area contributed by atoms with Crippen LogP contribution >= 0.6 is 0 Å². The third kappa shape index (κ3) is 4.60. The van der Waals surface area contributed by atoms with Gasteiger partial charge in [-0.3, -0.25) is 9.88 Å². The van der Waals surface area contributed by atoms with Crippen LogP contribution in [0, 0.1) is 17.8 Å². The monoisotopic (exact) mass is 538 g/mol. The lowest BCUT2D eigenvalue weighted by atomic mass is 9.52. The smallest absolute Gasteiger partial charge is 0.322 e. The van der Waals surface area contributed by atoms with Crippen molar-refractivity contribution < 1.29 is 14.6 Å². The summed E-state index contributed by atoms with van der Waals surface area (Å²) in [6.45, 7) is 5.33. The molecule has 3 aromatic rings. The fourth-order valence-corrected chi connectivity index (χ4v) is 7.98. The minimum atomic E-state index is -0.493. The van der Waals surface area contributed by atoms with Crippen molar-refractivity contribution in [3.63, 3.8) is 0 Å². The van der Waals surface area contributed by atoms with Crippen LogP contribution in [0.5, 0.6) is 5.75 Å². The molecule has 0 saturated heterocycles. The molecule has 7 heteroatoms. The van der Waals surface area contributed by atoms with Crippen LogP contribution < -0.4 is 19.9 Å². The van der Waals surface area contributed by atoms with Crippen molar-refractivity contribution in [3.05, 3.63) is 66.9 Å². The van der Waals surface area contributed by atoms with Crippen LogP contribution in [0.1, 0.15) is 46.0 Å². The molecule has 1 aromatic heterocycles. The first-order valence-electron chi connectivity index (χ1n) is 14.8. The zero-order valence-corrected chi connectivity index (χ0v) is 23.3. The highest BCUT2D eigenvalue weighted by molar-refractivity contribution is 5.98. The van der Waals surface area contributed by atoms with E-state index in [-0.39, 0.29) is 18.2 Å². The highest BCUT2D eigenvalue weighted by Gasteiger charge is 2.55. The summed E-state index contributed by atoms with van der Waals surface area (Å²) in [5.74, 6) is 2.18. The topological polar surface area (TPSA) is 77.9 Å². The number of carbonyl (C=O) groups excluding carboxylic acids is 1. The number of aromatic nitrogens is 1. The van der Waals surface area contributed by atoms with E-state index in [9.17, 15) is 9.90 Å². The Morgan fingerprint density at radius 1 is 0.975 bits per heavy atom. The van der Waals surface area contributed by atoms with Gasteiger partial charge in [0, 0.05) is 30.4 Å². The van der Waals surface area contributed by atoms with E-state index in [1.54, 1.807) is 6.20 Å². The Labute approximate surface area is 236 Å². The van der Waals surface area contributed by atoms with Crippen molar-refractivity contribution in [2.24, 2.45) is 17.8 Å². The number of hydrogen-bond donors (Lipinski definition) is 2. The van der Waals surface area contributed by atoms with E-state index in [0.717, 1.165) is 66.2 Å². The number of hydrogen-bond acceptors (Lipinski definition) is 5. The highest BCUT2D eigenvalue weighted by atomic mass is 16.5. The molecule has 2 N–H and O–H groups in total. The summed E-state index contributed by atoms with van der Waals surface area (Å²) >= 11 is 0. The Balaban J connectivity index is 1.07. The van der Waals surface area contributed by atoms with Gasteiger partial charge in [-0.15, -0.1) is 0 Å². The molecule has 5 atom stereocenters. The summed E-state index contributed by atoms with van der Waals surface area (Å²) in [6.07, 6.45) is 6.77. The van der Waals surface area contributed by atoms with Crippen molar-refractivity contribution in [1.29, 1.82) is 0 Å². The molecule has 4 bridgehead atoms. The Bertz CT molecular complexity index is 1370. The van der Waals surface area contributed by atoms with Gasteiger partial charge in [-0.2, -0.15) is 0 Å². The number of rotatable bonds is 5. The second-order valence-corrected chi connectivity index (χ2v) is 12.6. The van der Waals surface area contributed by atoms with E-state index < -0.39 is 5.60 Å². The maximum absolute atomic E-state index is 13.7.